The first-order valence-electron chi connectivity index (χ1n) is 5.26. The van der Waals surface area contributed by atoms with Crippen LogP contribution >= 0.6 is 0 Å². The number of ketones is 1. The monoisotopic (exact) mass is 196 g/mol. The fourth-order valence-corrected chi connectivity index (χ4v) is 2.52. The Morgan fingerprint density at radius 2 is 2.07 bits per heavy atom. The molecule has 78 valence electrons. The minimum atomic E-state index is -0.221. The maximum atomic E-state index is 11.2. The fraction of sp³-hybridized carbons (Fsp3) is 0.818. The van der Waals surface area contributed by atoms with Crippen LogP contribution in [-0.2, 0) is 14.3 Å². The summed E-state index contributed by atoms with van der Waals surface area (Å²) in [6.07, 6.45) is 1.92. The topological polar surface area (TPSA) is 43.4 Å². The van der Waals surface area contributed by atoms with E-state index in [0.29, 0.717) is 36.1 Å². The number of fused-ring (bicyclic) bond motifs is 1. The molecule has 4 atom stereocenters. The normalized spacial score (nSPS) is 40.3. The van der Waals surface area contributed by atoms with Crippen LogP contribution in [0, 0.1) is 23.7 Å². The van der Waals surface area contributed by atoms with Crippen molar-refractivity contribution in [3.8, 4) is 0 Å². The highest BCUT2D eigenvalue weighted by Gasteiger charge is 2.54. The van der Waals surface area contributed by atoms with Gasteiger partial charge in [-0.2, -0.15) is 0 Å². The molecule has 0 spiro atoms. The average Bonchev–Trinajstić information content (AvgIpc) is 2.72. The van der Waals surface area contributed by atoms with E-state index in [9.17, 15) is 9.59 Å². The third-order valence-electron chi connectivity index (χ3n) is 3.60. The van der Waals surface area contributed by atoms with Crippen LogP contribution in [0.25, 0.3) is 0 Å². The zero-order chi connectivity index (χ0) is 10.3. The summed E-state index contributed by atoms with van der Waals surface area (Å²) in [5.74, 6) is 1.77. The van der Waals surface area contributed by atoms with Crippen LogP contribution in [0.15, 0.2) is 0 Å². The lowest BCUT2D eigenvalue weighted by molar-refractivity contribution is -0.143. The van der Waals surface area contributed by atoms with Crippen molar-refractivity contribution < 1.29 is 14.3 Å². The maximum Gasteiger partial charge on any atom is 0.302 e. The first-order chi connectivity index (χ1) is 6.59. The number of hydrogen-bond acceptors (Lipinski definition) is 3. The van der Waals surface area contributed by atoms with Crippen molar-refractivity contribution in [2.45, 2.75) is 26.7 Å². The molecular formula is C11H16O3. The molecule has 0 radical (unpaired) electrons. The second-order valence-electron chi connectivity index (χ2n) is 4.63. The predicted octanol–water partition coefficient (Wildman–Crippen LogP) is 1.41. The third-order valence-corrected chi connectivity index (χ3v) is 3.60. The highest BCUT2D eigenvalue weighted by Crippen LogP contribution is 2.50. The van der Waals surface area contributed by atoms with Crippen molar-refractivity contribution in [2.24, 2.45) is 23.7 Å². The van der Waals surface area contributed by atoms with Crippen molar-refractivity contribution in [1.29, 1.82) is 0 Å². The van der Waals surface area contributed by atoms with E-state index >= 15 is 0 Å². The number of carbonyl (C=O) groups is 2. The predicted molar refractivity (Wildman–Crippen MR) is 50.5 cm³/mol. The van der Waals surface area contributed by atoms with E-state index in [4.69, 9.17) is 4.74 Å². The Morgan fingerprint density at radius 1 is 1.43 bits per heavy atom. The van der Waals surface area contributed by atoms with Gasteiger partial charge in [-0.3, -0.25) is 9.59 Å². The molecule has 0 aromatic heterocycles. The molecule has 0 aromatic carbocycles. The lowest BCUT2D eigenvalue weighted by atomic mass is 9.81. The highest BCUT2D eigenvalue weighted by molar-refractivity contribution is 5.99. The molecule has 14 heavy (non-hydrogen) atoms. The quantitative estimate of drug-likeness (QED) is 0.627. The van der Waals surface area contributed by atoms with E-state index in [2.05, 4.69) is 6.92 Å². The molecule has 0 amide bonds. The molecule has 2 rings (SSSR count). The summed E-state index contributed by atoms with van der Waals surface area (Å²) < 4.78 is 5.00. The lowest BCUT2D eigenvalue weighted by Gasteiger charge is -2.26. The van der Waals surface area contributed by atoms with Crippen LogP contribution in [0.1, 0.15) is 26.7 Å². The summed E-state index contributed by atoms with van der Waals surface area (Å²) in [5, 5.41) is 0. The number of Topliss-reactive ketones (excluding diaryl/α,β-unsaturated/α-hetero) is 1. The molecule has 0 N–H and O–H groups in total. The van der Waals surface area contributed by atoms with Gasteiger partial charge in [0.05, 0.1) is 6.61 Å². The largest absolute Gasteiger partial charge is 0.466 e. The van der Waals surface area contributed by atoms with Crippen molar-refractivity contribution >= 4 is 11.8 Å². The smallest absolute Gasteiger partial charge is 0.302 e. The Bertz CT molecular complexity index is 272. The number of rotatable bonds is 2. The number of carbonyl (C=O) groups excluding carboxylic acids is 2. The SMILES string of the molecule is CC(=O)OCC1CC2C(=O)C2CC1C. The molecule has 0 heterocycles. The van der Waals surface area contributed by atoms with Gasteiger partial charge in [0.2, 0.25) is 0 Å². The number of esters is 1. The van der Waals surface area contributed by atoms with Crippen LogP contribution in [0.5, 0.6) is 0 Å². The molecule has 0 aliphatic heterocycles. The van der Waals surface area contributed by atoms with E-state index in [0.717, 1.165) is 12.8 Å². The molecule has 2 saturated carbocycles. The lowest BCUT2D eigenvalue weighted by Crippen LogP contribution is -2.24. The standard InChI is InChI=1S/C11H16O3/c1-6-3-9-10(11(9)13)4-8(6)5-14-7(2)12/h6,8-10H,3-5H2,1-2H3. The molecule has 0 saturated heterocycles. The van der Waals surface area contributed by atoms with Gasteiger partial charge in [0.25, 0.3) is 0 Å². The first kappa shape index (κ1) is 9.69. The molecule has 3 heteroatoms. The van der Waals surface area contributed by atoms with Crippen LogP contribution in [-0.4, -0.2) is 18.4 Å². The minimum Gasteiger partial charge on any atom is -0.466 e. The summed E-state index contributed by atoms with van der Waals surface area (Å²) in [7, 11) is 0. The van der Waals surface area contributed by atoms with Gasteiger partial charge in [0.15, 0.2) is 0 Å². The second kappa shape index (κ2) is 3.37. The Hall–Kier alpha value is -0.860. The number of ether oxygens (including phenoxy) is 1. The van der Waals surface area contributed by atoms with E-state index in [-0.39, 0.29) is 5.97 Å². The van der Waals surface area contributed by atoms with Gasteiger partial charge in [-0.25, -0.2) is 0 Å². The van der Waals surface area contributed by atoms with Gasteiger partial charge in [-0.15, -0.1) is 0 Å². The van der Waals surface area contributed by atoms with Gasteiger partial charge >= 0.3 is 5.97 Å². The summed E-state index contributed by atoms with van der Waals surface area (Å²) in [6.45, 7) is 4.07. The average molecular weight is 196 g/mol. The van der Waals surface area contributed by atoms with Gasteiger partial charge in [-0.1, -0.05) is 6.92 Å². The Labute approximate surface area is 83.8 Å². The summed E-state index contributed by atoms with van der Waals surface area (Å²) in [5.41, 5.74) is 0. The molecule has 3 nitrogen and oxygen atoms in total. The van der Waals surface area contributed by atoms with Gasteiger partial charge in [-0.05, 0) is 24.7 Å². The van der Waals surface area contributed by atoms with Gasteiger partial charge in [0, 0.05) is 18.8 Å². The summed E-state index contributed by atoms with van der Waals surface area (Å²) >= 11 is 0. The van der Waals surface area contributed by atoms with E-state index in [1.54, 1.807) is 0 Å². The molecular weight excluding hydrogens is 180 g/mol. The van der Waals surface area contributed by atoms with Gasteiger partial charge < -0.3 is 4.74 Å². The van der Waals surface area contributed by atoms with Crippen LogP contribution in [0.2, 0.25) is 0 Å². The van der Waals surface area contributed by atoms with Crippen molar-refractivity contribution in [2.75, 3.05) is 6.61 Å². The molecule has 4 unspecified atom stereocenters. The van der Waals surface area contributed by atoms with Crippen LogP contribution < -0.4 is 0 Å². The minimum absolute atomic E-state index is 0.221. The van der Waals surface area contributed by atoms with Gasteiger partial charge in [0.1, 0.15) is 5.78 Å². The molecule has 0 bridgehead atoms. The zero-order valence-corrected chi connectivity index (χ0v) is 8.66. The Morgan fingerprint density at radius 3 is 2.71 bits per heavy atom. The summed E-state index contributed by atoms with van der Waals surface area (Å²) in [6, 6.07) is 0. The molecule has 2 fully saturated rings. The van der Waals surface area contributed by atoms with Crippen LogP contribution in [0.3, 0.4) is 0 Å². The Kier molecular flexibility index (Phi) is 2.33. The van der Waals surface area contributed by atoms with E-state index in [1.165, 1.54) is 6.92 Å². The fourth-order valence-electron chi connectivity index (χ4n) is 2.52. The third kappa shape index (κ3) is 1.68. The second-order valence-corrected chi connectivity index (χ2v) is 4.63. The van der Waals surface area contributed by atoms with Crippen molar-refractivity contribution in [3.63, 3.8) is 0 Å². The zero-order valence-electron chi connectivity index (χ0n) is 8.66. The first-order valence-corrected chi connectivity index (χ1v) is 5.26. The van der Waals surface area contributed by atoms with Crippen molar-refractivity contribution in [3.05, 3.63) is 0 Å². The van der Waals surface area contributed by atoms with E-state index < -0.39 is 0 Å². The maximum absolute atomic E-state index is 11.2. The van der Waals surface area contributed by atoms with Crippen molar-refractivity contribution in [1.82, 2.24) is 0 Å². The number of hydrogen-bond donors (Lipinski definition) is 0. The molecule has 2 aliphatic carbocycles. The van der Waals surface area contributed by atoms with E-state index in [1.807, 2.05) is 0 Å². The van der Waals surface area contributed by atoms with Crippen LogP contribution in [0.4, 0.5) is 0 Å². The highest BCUT2D eigenvalue weighted by atomic mass is 16.5. The molecule has 0 aromatic rings. The summed E-state index contributed by atoms with van der Waals surface area (Å²) in [4.78, 5) is 21.9. The Balaban J connectivity index is 1.86. The molecule has 2 aliphatic rings.